The Hall–Kier alpha value is -1.95. The minimum Gasteiger partial charge on any atom is -0.469 e. The van der Waals surface area contributed by atoms with Crippen molar-refractivity contribution in [2.24, 2.45) is 11.8 Å². The van der Waals surface area contributed by atoms with Gasteiger partial charge >= 0.3 is 5.97 Å². The Morgan fingerprint density at radius 3 is 2.14 bits per heavy atom. The van der Waals surface area contributed by atoms with Crippen LogP contribution in [0.25, 0.3) is 0 Å². The molecule has 0 N–H and O–H groups in total. The smallest absolute Gasteiger partial charge is 0.308 e. The number of rotatable bonds is 12. The molecule has 198 valence electrons. The molecule has 3 rings (SSSR count). The topological polar surface area (TPSA) is 44.8 Å². The molecule has 1 aliphatic rings. The molecular weight excluding hydrogens is 464 g/mol. The fraction of sp³-hybridized carbons (Fsp3) is 0.581. The van der Waals surface area contributed by atoms with Crippen molar-refractivity contribution in [3.05, 3.63) is 60.7 Å². The van der Waals surface area contributed by atoms with Gasteiger partial charge in [0.05, 0.1) is 25.7 Å². The van der Waals surface area contributed by atoms with Crippen molar-refractivity contribution < 1.29 is 18.7 Å². The predicted molar refractivity (Wildman–Crippen MR) is 150 cm³/mol. The number of hydrogen-bond acceptors (Lipinski definition) is 4. The lowest BCUT2D eigenvalue weighted by Crippen LogP contribution is -2.66. The summed E-state index contributed by atoms with van der Waals surface area (Å²) >= 11 is 0. The maximum absolute atomic E-state index is 11.6. The van der Waals surface area contributed by atoms with Gasteiger partial charge in [0.15, 0.2) is 0 Å². The second kappa shape index (κ2) is 13.0. The molecule has 36 heavy (non-hydrogen) atoms. The first-order valence-corrected chi connectivity index (χ1v) is 15.6. The van der Waals surface area contributed by atoms with Crippen LogP contribution in [-0.4, -0.2) is 40.2 Å². The molecule has 4 nitrogen and oxygen atoms in total. The lowest BCUT2D eigenvalue weighted by molar-refractivity contribution is -0.143. The van der Waals surface area contributed by atoms with Crippen LogP contribution < -0.4 is 10.4 Å². The average Bonchev–Trinajstić information content (AvgIpc) is 3.21. The van der Waals surface area contributed by atoms with Gasteiger partial charge in [-0.3, -0.25) is 4.79 Å². The maximum atomic E-state index is 11.6. The Balaban J connectivity index is 1.57. The Morgan fingerprint density at radius 1 is 1.03 bits per heavy atom. The summed E-state index contributed by atoms with van der Waals surface area (Å²) in [6.07, 6.45) is 6.09. The number of carbonyl (C=O) groups is 1. The Morgan fingerprint density at radius 2 is 1.61 bits per heavy atom. The number of ether oxygens (including phenoxy) is 2. The number of hydrogen-bond donors (Lipinski definition) is 0. The molecule has 1 heterocycles. The summed E-state index contributed by atoms with van der Waals surface area (Å²) < 4.78 is 18.1. The zero-order chi connectivity index (χ0) is 26.2. The third-order valence-electron chi connectivity index (χ3n) is 7.70. The molecular formula is C31H46O4Si. The molecule has 0 spiro atoms. The molecule has 0 amide bonds. The monoisotopic (exact) mass is 510 g/mol. The van der Waals surface area contributed by atoms with Crippen LogP contribution in [0.15, 0.2) is 60.7 Å². The molecule has 0 radical (unpaired) electrons. The highest BCUT2D eigenvalue weighted by Crippen LogP contribution is 2.37. The fourth-order valence-corrected chi connectivity index (χ4v) is 10.4. The summed E-state index contributed by atoms with van der Waals surface area (Å²) in [6.45, 7) is 12.3. The zero-order valence-corrected chi connectivity index (χ0v) is 24.2. The number of benzene rings is 2. The highest BCUT2D eigenvalue weighted by atomic mass is 28.4. The highest BCUT2D eigenvalue weighted by Gasteiger charge is 2.50. The van der Waals surface area contributed by atoms with E-state index in [-0.39, 0.29) is 23.2 Å². The minimum absolute atomic E-state index is 0.00607. The van der Waals surface area contributed by atoms with Crippen molar-refractivity contribution in [2.45, 2.75) is 90.4 Å². The van der Waals surface area contributed by atoms with Crippen molar-refractivity contribution in [3.8, 4) is 0 Å². The van der Waals surface area contributed by atoms with Gasteiger partial charge in [0.25, 0.3) is 8.32 Å². The SMILES string of the molecule is COC(=O)C[C@H]1C[C@H](C)[C@H](CCCC[C@H](C)CO[Si](c2ccccc2)(c2ccccc2)C(C)(C)C)O1. The normalized spacial score (nSPS) is 21.3. The van der Waals surface area contributed by atoms with Crippen LogP contribution >= 0.6 is 0 Å². The van der Waals surface area contributed by atoms with Crippen molar-refractivity contribution in [3.63, 3.8) is 0 Å². The van der Waals surface area contributed by atoms with Crippen LogP contribution in [0, 0.1) is 11.8 Å². The van der Waals surface area contributed by atoms with E-state index < -0.39 is 8.32 Å². The van der Waals surface area contributed by atoms with E-state index in [1.54, 1.807) is 0 Å². The number of esters is 1. The largest absolute Gasteiger partial charge is 0.469 e. The van der Waals surface area contributed by atoms with Gasteiger partial charge < -0.3 is 13.9 Å². The van der Waals surface area contributed by atoms with Crippen LogP contribution in [0.2, 0.25) is 5.04 Å². The van der Waals surface area contributed by atoms with Gasteiger partial charge in [-0.05, 0) is 46.5 Å². The molecule has 1 aliphatic heterocycles. The van der Waals surface area contributed by atoms with Gasteiger partial charge in [-0.15, -0.1) is 0 Å². The summed E-state index contributed by atoms with van der Waals surface area (Å²) in [5.74, 6) is 0.804. The molecule has 0 unspecified atom stereocenters. The third-order valence-corrected chi connectivity index (χ3v) is 12.7. The van der Waals surface area contributed by atoms with E-state index >= 15 is 0 Å². The molecule has 2 aromatic carbocycles. The zero-order valence-electron chi connectivity index (χ0n) is 23.2. The molecule has 1 fully saturated rings. The summed E-state index contributed by atoms with van der Waals surface area (Å²) in [5.41, 5.74) is 0. The average molecular weight is 511 g/mol. The molecule has 1 saturated heterocycles. The molecule has 5 heteroatoms. The summed E-state index contributed by atoms with van der Waals surface area (Å²) in [5, 5.41) is 2.68. The van der Waals surface area contributed by atoms with Gasteiger partial charge in [-0.25, -0.2) is 0 Å². The van der Waals surface area contributed by atoms with Gasteiger partial charge in [0.1, 0.15) is 0 Å². The van der Waals surface area contributed by atoms with Crippen LogP contribution in [-0.2, 0) is 18.7 Å². The molecule has 0 aliphatic carbocycles. The molecule has 0 aromatic heterocycles. The first kappa shape index (κ1) is 28.6. The van der Waals surface area contributed by atoms with Gasteiger partial charge in [0, 0.05) is 6.61 Å². The Bertz CT molecular complexity index is 885. The maximum Gasteiger partial charge on any atom is 0.308 e. The van der Waals surface area contributed by atoms with Crippen molar-refractivity contribution >= 4 is 24.7 Å². The van der Waals surface area contributed by atoms with Crippen molar-refractivity contribution in [2.75, 3.05) is 13.7 Å². The number of methoxy groups -OCH3 is 1. The lowest BCUT2D eigenvalue weighted by atomic mass is 9.95. The fourth-order valence-electron chi connectivity index (χ4n) is 5.71. The van der Waals surface area contributed by atoms with E-state index in [0.717, 1.165) is 32.3 Å². The first-order valence-electron chi connectivity index (χ1n) is 13.6. The van der Waals surface area contributed by atoms with E-state index in [0.29, 0.717) is 18.3 Å². The minimum atomic E-state index is -2.47. The second-order valence-electron chi connectivity index (χ2n) is 11.7. The van der Waals surface area contributed by atoms with Crippen LogP contribution in [0.4, 0.5) is 0 Å². The van der Waals surface area contributed by atoms with Crippen LogP contribution in [0.1, 0.15) is 73.1 Å². The number of carbonyl (C=O) groups excluding carboxylic acids is 1. The summed E-state index contributed by atoms with van der Waals surface area (Å²) in [4.78, 5) is 11.6. The van der Waals surface area contributed by atoms with Gasteiger partial charge in [-0.1, -0.05) is 108 Å². The summed E-state index contributed by atoms with van der Waals surface area (Å²) in [7, 11) is -1.03. The highest BCUT2D eigenvalue weighted by molar-refractivity contribution is 6.99. The van der Waals surface area contributed by atoms with E-state index in [2.05, 4.69) is 95.3 Å². The van der Waals surface area contributed by atoms with Gasteiger partial charge in [-0.2, -0.15) is 0 Å². The predicted octanol–water partition coefficient (Wildman–Crippen LogP) is 6.12. The lowest BCUT2D eigenvalue weighted by Gasteiger charge is -2.43. The second-order valence-corrected chi connectivity index (χ2v) is 16.0. The molecule has 0 bridgehead atoms. The van der Waals surface area contributed by atoms with E-state index in [4.69, 9.17) is 13.9 Å². The molecule has 0 saturated carbocycles. The van der Waals surface area contributed by atoms with Crippen LogP contribution in [0.5, 0.6) is 0 Å². The Kier molecular flexibility index (Phi) is 10.4. The van der Waals surface area contributed by atoms with E-state index in [1.165, 1.54) is 23.9 Å². The van der Waals surface area contributed by atoms with E-state index in [9.17, 15) is 4.79 Å². The molecule has 2 aromatic rings. The number of unbranched alkanes of at least 4 members (excludes halogenated alkanes) is 1. The standard InChI is InChI=1S/C31H46O4Si/c1-24(15-13-14-20-29-25(2)21-26(35-29)22-30(32)33-6)23-34-36(31(3,4)5,27-16-9-7-10-17-27)28-18-11-8-12-19-28/h7-12,16-19,24-26,29H,13-15,20-23H2,1-6H3/t24-,25-,26+,29-/m0/s1. The van der Waals surface area contributed by atoms with Crippen molar-refractivity contribution in [1.29, 1.82) is 0 Å². The quantitative estimate of drug-likeness (QED) is 0.196. The summed E-state index contributed by atoms with van der Waals surface area (Å²) in [6, 6.07) is 21.8. The third kappa shape index (κ3) is 7.08. The van der Waals surface area contributed by atoms with Crippen LogP contribution in [0.3, 0.4) is 0 Å². The van der Waals surface area contributed by atoms with Crippen molar-refractivity contribution in [1.82, 2.24) is 0 Å². The van der Waals surface area contributed by atoms with Gasteiger partial charge in [0.2, 0.25) is 0 Å². The Labute approximate surface area is 219 Å². The van der Waals surface area contributed by atoms with E-state index in [1.807, 2.05) is 0 Å². The molecule has 4 atom stereocenters. The first-order chi connectivity index (χ1) is 17.2.